The molecular weight excluding hydrogens is 246 g/mol. The Morgan fingerprint density at radius 2 is 2.47 bits per heavy atom. The highest BCUT2D eigenvalue weighted by atomic mass is 16.5. The third-order valence-corrected chi connectivity index (χ3v) is 3.45. The summed E-state index contributed by atoms with van der Waals surface area (Å²) < 4.78 is 5.19. The molecule has 1 aromatic rings. The largest absolute Gasteiger partial charge is 0.481 e. The molecule has 1 saturated heterocycles. The minimum atomic E-state index is -1.42. The molecule has 0 aliphatic carbocycles. The Morgan fingerprint density at radius 3 is 3.16 bits per heavy atom. The van der Waals surface area contributed by atoms with E-state index in [2.05, 4.69) is 4.98 Å². The highest BCUT2D eigenvalue weighted by Crippen LogP contribution is 2.24. The molecule has 104 valence electrons. The van der Waals surface area contributed by atoms with Crippen molar-refractivity contribution in [2.45, 2.75) is 25.0 Å². The van der Waals surface area contributed by atoms with Gasteiger partial charge in [-0.2, -0.15) is 0 Å². The lowest BCUT2D eigenvalue weighted by atomic mass is 9.92. The van der Waals surface area contributed by atoms with Gasteiger partial charge in [0.1, 0.15) is 0 Å². The van der Waals surface area contributed by atoms with Crippen molar-refractivity contribution in [2.24, 2.45) is 5.73 Å². The van der Waals surface area contributed by atoms with E-state index in [1.54, 1.807) is 13.3 Å². The van der Waals surface area contributed by atoms with Crippen molar-refractivity contribution in [2.75, 3.05) is 20.2 Å². The van der Waals surface area contributed by atoms with Crippen LogP contribution in [0.15, 0.2) is 18.3 Å². The number of ether oxygens (including phenoxy) is 1. The number of piperidine rings is 1. The Hall–Kier alpha value is -1.66. The van der Waals surface area contributed by atoms with Gasteiger partial charge in [-0.25, -0.2) is 4.98 Å². The molecule has 3 N–H and O–H groups in total. The number of methoxy groups -OCH3 is 1. The molecule has 2 rings (SSSR count). The maximum Gasteiger partial charge on any atom is 0.250 e. The summed E-state index contributed by atoms with van der Waals surface area (Å²) in [5, 5.41) is 10.2. The number of hydrogen-bond donors (Lipinski definition) is 2. The average Bonchev–Trinajstić information content (AvgIpc) is 2.39. The van der Waals surface area contributed by atoms with E-state index >= 15 is 0 Å². The SMILES string of the molecule is COc1ncccc1CN1CCC[C@@](O)(C(N)=O)C1. The second-order valence-corrected chi connectivity index (χ2v) is 4.88. The zero-order valence-corrected chi connectivity index (χ0v) is 11.0. The summed E-state index contributed by atoms with van der Waals surface area (Å²) in [6.07, 6.45) is 2.82. The number of β-amino-alcohol motifs (C(OH)–C–C–N with tert-alkyl or cyclic N) is 1. The number of nitrogens with zero attached hydrogens (tertiary/aromatic N) is 2. The third kappa shape index (κ3) is 3.02. The molecule has 0 saturated carbocycles. The van der Waals surface area contributed by atoms with E-state index in [1.807, 2.05) is 17.0 Å². The van der Waals surface area contributed by atoms with Gasteiger partial charge in [-0.3, -0.25) is 9.69 Å². The summed E-state index contributed by atoms with van der Waals surface area (Å²) in [4.78, 5) is 17.4. The summed E-state index contributed by atoms with van der Waals surface area (Å²) >= 11 is 0. The maximum atomic E-state index is 11.3. The zero-order valence-electron chi connectivity index (χ0n) is 11.0. The van der Waals surface area contributed by atoms with Crippen molar-refractivity contribution < 1.29 is 14.6 Å². The summed E-state index contributed by atoms with van der Waals surface area (Å²) in [6, 6.07) is 3.76. The van der Waals surface area contributed by atoms with E-state index in [0.717, 1.165) is 18.5 Å². The minimum absolute atomic E-state index is 0.250. The van der Waals surface area contributed by atoms with Gasteiger partial charge in [0.05, 0.1) is 7.11 Å². The molecule has 6 nitrogen and oxygen atoms in total. The first-order chi connectivity index (χ1) is 9.05. The lowest BCUT2D eigenvalue weighted by molar-refractivity contribution is -0.142. The maximum absolute atomic E-state index is 11.3. The number of pyridine rings is 1. The summed E-state index contributed by atoms with van der Waals surface area (Å²) in [5.74, 6) is -0.0916. The number of primary amides is 1. The number of nitrogens with two attached hydrogens (primary N) is 1. The predicted molar refractivity (Wildman–Crippen MR) is 69.4 cm³/mol. The summed E-state index contributed by atoms with van der Waals surface area (Å²) in [6.45, 7) is 1.64. The highest BCUT2D eigenvalue weighted by molar-refractivity contribution is 5.83. The van der Waals surface area contributed by atoms with Gasteiger partial charge >= 0.3 is 0 Å². The average molecular weight is 265 g/mol. The van der Waals surface area contributed by atoms with Crippen LogP contribution in [0.25, 0.3) is 0 Å². The van der Waals surface area contributed by atoms with Crippen molar-refractivity contribution in [1.82, 2.24) is 9.88 Å². The van der Waals surface area contributed by atoms with Gasteiger partial charge in [0.15, 0.2) is 5.60 Å². The van der Waals surface area contributed by atoms with Crippen LogP contribution in [0.4, 0.5) is 0 Å². The standard InChI is InChI=1S/C13H19N3O3/c1-19-11-10(4-2-6-15-11)8-16-7-3-5-13(18,9-16)12(14)17/h2,4,6,18H,3,5,7-9H2,1H3,(H2,14,17)/t13-/m0/s1. The molecule has 0 aromatic carbocycles. The smallest absolute Gasteiger partial charge is 0.250 e. The van der Waals surface area contributed by atoms with Crippen LogP contribution >= 0.6 is 0 Å². The van der Waals surface area contributed by atoms with Gasteiger partial charge in [0.25, 0.3) is 5.91 Å². The molecule has 0 bridgehead atoms. The Kier molecular flexibility index (Phi) is 4.01. The van der Waals surface area contributed by atoms with Crippen molar-refractivity contribution >= 4 is 5.91 Å². The number of carbonyl (C=O) groups excluding carboxylic acids is 1. The van der Waals surface area contributed by atoms with Crippen molar-refractivity contribution in [3.05, 3.63) is 23.9 Å². The number of likely N-dealkylation sites (tertiary alicyclic amines) is 1. The first-order valence-electron chi connectivity index (χ1n) is 6.28. The number of rotatable bonds is 4. The lowest BCUT2D eigenvalue weighted by Gasteiger charge is -2.37. The van der Waals surface area contributed by atoms with Gasteiger partial charge in [-0.05, 0) is 25.5 Å². The van der Waals surface area contributed by atoms with Crippen LogP contribution in [0.5, 0.6) is 5.88 Å². The molecule has 0 radical (unpaired) electrons. The fraction of sp³-hybridized carbons (Fsp3) is 0.538. The minimum Gasteiger partial charge on any atom is -0.481 e. The second kappa shape index (κ2) is 5.54. The van der Waals surface area contributed by atoms with Crippen LogP contribution in [0.3, 0.4) is 0 Å². The zero-order chi connectivity index (χ0) is 13.9. The molecule has 0 spiro atoms. The molecule has 1 aliphatic heterocycles. The van der Waals surface area contributed by atoms with E-state index < -0.39 is 11.5 Å². The van der Waals surface area contributed by atoms with Crippen molar-refractivity contribution in [1.29, 1.82) is 0 Å². The molecule has 1 aliphatic rings. The Balaban J connectivity index is 2.09. The number of carbonyl (C=O) groups is 1. The van der Waals surface area contributed by atoms with Gasteiger partial charge in [0, 0.05) is 24.8 Å². The van der Waals surface area contributed by atoms with E-state index in [1.165, 1.54) is 0 Å². The lowest BCUT2D eigenvalue weighted by Crippen LogP contribution is -2.55. The Bertz CT molecular complexity index is 466. The highest BCUT2D eigenvalue weighted by Gasteiger charge is 2.38. The first kappa shape index (κ1) is 13.8. The summed E-state index contributed by atoms with van der Waals surface area (Å²) in [5.41, 5.74) is 4.77. The van der Waals surface area contributed by atoms with Crippen LogP contribution in [-0.2, 0) is 11.3 Å². The number of amides is 1. The quantitative estimate of drug-likeness (QED) is 0.793. The number of aromatic nitrogens is 1. The van der Waals surface area contributed by atoms with Crippen LogP contribution in [-0.4, -0.2) is 46.7 Å². The topological polar surface area (TPSA) is 88.7 Å². The van der Waals surface area contributed by atoms with Crippen LogP contribution in [0.1, 0.15) is 18.4 Å². The predicted octanol–water partition coefficient (Wildman–Crippen LogP) is -0.0976. The fourth-order valence-electron chi connectivity index (χ4n) is 2.43. The van der Waals surface area contributed by atoms with Crippen LogP contribution in [0.2, 0.25) is 0 Å². The first-order valence-corrected chi connectivity index (χ1v) is 6.28. The van der Waals surface area contributed by atoms with Gasteiger partial charge < -0.3 is 15.6 Å². The summed E-state index contributed by atoms with van der Waals surface area (Å²) in [7, 11) is 1.57. The van der Waals surface area contributed by atoms with E-state index in [4.69, 9.17) is 10.5 Å². The van der Waals surface area contributed by atoms with Gasteiger partial charge in [0.2, 0.25) is 5.88 Å². The van der Waals surface area contributed by atoms with Gasteiger partial charge in [-0.1, -0.05) is 6.07 Å². The molecule has 1 aromatic heterocycles. The third-order valence-electron chi connectivity index (χ3n) is 3.45. The molecule has 1 amide bonds. The second-order valence-electron chi connectivity index (χ2n) is 4.88. The molecule has 1 fully saturated rings. The Morgan fingerprint density at radius 1 is 1.68 bits per heavy atom. The van der Waals surface area contributed by atoms with E-state index in [-0.39, 0.29) is 6.54 Å². The van der Waals surface area contributed by atoms with Crippen LogP contribution < -0.4 is 10.5 Å². The number of aliphatic hydroxyl groups is 1. The molecular formula is C13H19N3O3. The van der Waals surface area contributed by atoms with E-state index in [9.17, 15) is 9.90 Å². The number of hydrogen-bond acceptors (Lipinski definition) is 5. The van der Waals surface area contributed by atoms with Crippen molar-refractivity contribution in [3.63, 3.8) is 0 Å². The molecule has 1 atom stereocenters. The normalized spacial score (nSPS) is 24.1. The molecule has 2 heterocycles. The fourth-order valence-corrected chi connectivity index (χ4v) is 2.43. The molecule has 19 heavy (non-hydrogen) atoms. The van der Waals surface area contributed by atoms with E-state index in [0.29, 0.717) is 18.8 Å². The Labute approximate surface area is 112 Å². The van der Waals surface area contributed by atoms with Gasteiger partial charge in [-0.15, -0.1) is 0 Å². The molecule has 0 unspecified atom stereocenters. The van der Waals surface area contributed by atoms with Crippen molar-refractivity contribution in [3.8, 4) is 5.88 Å². The van der Waals surface area contributed by atoms with Crippen LogP contribution in [0, 0.1) is 0 Å². The monoisotopic (exact) mass is 265 g/mol. The molecule has 6 heteroatoms.